The molecule has 2 aromatic rings. The van der Waals surface area contributed by atoms with E-state index in [1.54, 1.807) is 37.3 Å². The van der Waals surface area contributed by atoms with Crippen molar-refractivity contribution in [1.29, 1.82) is 0 Å². The van der Waals surface area contributed by atoms with E-state index in [4.69, 9.17) is 9.47 Å². The minimum Gasteiger partial charge on any atom is -0.495 e. The number of halogens is 3. The van der Waals surface area contributed by atoms with Gasteiger partial charge in [0.05, 0.1) is 18.5 Å². The highest BCUT2D eigenvalue weighted by Gasteiger charge is 2.35. The Kier molecular flexibility index (Phi) is 13.9. The van der Waals surface area contributed by atoms with Crippen LogP contribution >= 0.6 is 0 Å². The molecule has 44 heavy (non-hydrogen) atoms. The van der Waals surface area contributed by atoms with Crippen molar-refractivity contribution in [3.8, 4) is 11.5 Å². The van der Waals surface area contributed by atoms with Crippen LogP contribution < -0.4 is 24.8 Å². The van der Waals surface area contributed by atoms with Crippen LogP contribution in [0.3, 0.4) is 0 Å². The Labute approximate surface area is 260 Å². The maximum absolute atomic E-state index is 14.0. The summed E-state index contributed by atoms with van der Waals surface area (Å²) in [6, 6.07) is 9.60. The van der Waals surface area contributed by atoms with Crippen molar-refractivity contribution >= 4 is 34.5 Å². The maximum Gasteiger partial charge on any atom is 0.421 e. The first-order valence-corrected chi connectivity index (χ1v) is 15.7. The molecule has 1 atom stereocenters. The third kappa shape index (κ3) is 11.0. The lowest BCUT2D eigenvalue weighted by atomic mass is 10.0. The van der Waals surface area contributed by atoms with Crippen molar-refractivity contribution in [3.05, 3.63) is 71.3 Å². The van der Waals surface area contributed by atoms with E-state index < -0.39 is 28.5 Å². The van der Waals surface area contributed by atoms with E-state index in [0.29, 0.717) is 23.2 Å². The topological polar surface area (TPSA) is 104 Å². The fraction of sp³-hybridized carbons (Fsp3) is 0.419. The van der Waals surface area contributed by atoms with Gasteiger partial charge in [-0.15, -0.1) is 0 Å². The second-order valence-electron chi connectivity index (χ2n) is 9.92. The average molecular weight is 638 g/mol. The molecular formula is C31H42F3N5O4S. The number of allylic oxidation sites excluding steroid dienone is 2. The van der Waals surface area contributed by atoms with Crippen LogP contribution in [-0.2, 0) is 11.0 Å². The zero-order chi connectivity index (χ0) is 33.0. The van der Waals surface area contributed by atoms with Gasteiger partial charge in [-0.05, 0) is 82.7 Å². The summed E-state index contributed by atoms with van der Waals surface area (Å²) < 4.78 is 67.1. The van der Waals surface area contributed by atoms with Gasteiger partial charge in [0.1, 0.15) is 33.9 Å². The van der Waals surface area contributed by atoms with Crippen LogP contribution in [0.4, 0.5) is 24.5 Å². The number of nitrogens with one attached hydrogen (secondary N) is 3. The number of carbonyl (C=O) groups excluding carboxylic acids is 1. The number of piperidine rings is 1. The zero-order valence-corrected chi connectivity index (χ0v) is 27.0. The number of likely N-dealkylation sites (tertiary alicyclic amines) is 1. The van der Waals surface area contributed by atoms with E-state index in [1.807, 2.05) is 20.9 Å². The summed E-state index contributed by atoms with van der Waals surface area (Å²) in [5, 5.41) is 5.85. The van der Waals surface area contributed by atoms with Gasteiger partial charge in [-0.25, -0.2) is 9.20 Å². The number of anilines is 2. The number of hydrogen-bond acceptors (Lipinski definition) is 7. The second kappa shape index (κ2) is 16.9. The highest BCUT2D eigenvalue weighted by molar-refractivity contribution is 7.85. The summed E-state index contributed by atoms with van der Waals surface area (Å²) in [6.45, 7) is 12.4. The lowest BCUT2D eigenvalue weighted by Crippen LogP contribution is -2.43. The predicted octanol–water partition coefficient (Wildman–Crippen LogP) is 6.43. The summed E-state index contributed by atoms with van der Waals surface area (Å²) in [7, 11) is 1.99. The first kappa shape index (κ1) is 36.4. The zero-order valence-electron chi connectivity index (χ0n) is 26.2. The van der Waals surface area contributed by atoms with Gasteiger partial charge < -0.3 is 29.7 Å². The molecule has 3 N–H and O–H groups in total. The van der Waals surface area contributed by atoms with Crippen LogP contribution in [0.25, 0.3) is 0 Å². The summed E-state index contributed by atoms with van der Waals surface area (Å²) >= 11 is 0. The van der Waals surface area contributed by atoms with Gasteiger partial charge in [0.15, 0.2) is 5.75 Å². The Hall–Kier alpha value is -3.84. The molecule has 13 heteroatoms. The number of aryl methyl sites for hydroxylation is 1. The molecule has 0 radical (unpaired) electrons. The molecule has 0 aliphatic carbocycles. The summed E-state index contributed by atoms with van der Waals surface area (Å²) in [5.41, 5.74) is 0.634. The van der Waals surface area contributed by atoms with Crippen LogP contribution in [-0.4, -0.2) is 67.0 Å². The second-order valence-corrected chi connectivity index (χ2v) is 11.0. The molecule has 0 spiro atoms. The fourth-order valence-corrected chi connectivity index (χ4v) is 4.70. The molecule has 1 aliphatic heterocycles. The van der Waals surface area contributed by atoms with Gasteiger partial charge >= 0.3 is 6.18 Å². The Morgan fingerprint density at radius 1 is 1.11 bits per heavy atom. The van der Waals surface area contributed by atoms with E-state index in [1.165, 1.54) is 26.4 Å². The molecule has 0 saturated carbocycles. The molecule has 0 bridgehead atoms. The largest absolute Gasteiger partial charge is 0.495 e. The van der Waals surface area contributed by atoms with Gasteiger partial charge in [-0.1, -0.05) is 26.5 Å². The van der Waals surface area contributed by atoms with Crippen molar-refractivity contribution < 1.29 is 31.6 Å². The van der Waals surface area contributed by atoms with E-state index in [-0.39, 0.29) is 29.2 Å². The highest BCUT2D eigenvalue weighted by atomic mass is 32.2. The van der Waals surface area contributed by atoms with E-state index in [0.717, 1.165) is 31.5 Å². The van der Waals surface area contributed by atoms with E-state index in [9.17, 15) is 22.2 Å². The summed E-state index contributed by atoms with van der Waals surface area (Å²) in [6.07, 6.45) is -1.07. The molecule has 1 heterocycles. The van der Waals surface area contributed by atoms with Crippen LogP contribution in [0.2, 0.25) is 0 Å². The smallest absolute Gasteiger partial charge is 0.421 e. The van der Waals surface area contributed by atoms with Gasteiger partial charge in [-0.3, -0.25) is 4.79 Å². The lowest BCUT2D eigenvalue weighted by Gasteiger charge is -2.29. The van der Waals surface area contributed by atoms with Crippen LogP contribution in [0.1, 0.15) is 49.5 Å². The molecule has 2 aromatic carbocycles. The van der Waals surface area contributed by atoms with Crippen molar-refractivity contribution in [2.24, 2.45) is 4.99 Å². The first-order chi connectivity index (χ1) is 20.8. The number of carbonyl (C=O) groups is 1. The number of alkyl halides is 3. The standard InChI is InChI=1S/C29H36F3N5O4S.C2H6/c1-18-7-9-25(36-42(6)39)27(15-18)41-19(2)23(29(30,31)32)17-33-20(3)34-24-10-8-21(16-26(24)40-5)28(38)35-22-11-13-37(4)14-12-22;1-2/h7-10,15-17,22,34,36H,3,11-14H2,1-2,4-6H3,(H,35,38);1-2H3/b23-19-,33-17-;. The first-order valence-electron chi connectivity index (χ1n) is 14.1. The minimum absolute atomic E-state index is 0.0827. The average Bonchev–Trinajstić information content (AvgIpc) is 2.96. The highest BCUT2D eigenvalue weighted by Crippen LogP contribution is 2.33. The number of rotatable bonds is 11. The number of methoxy groups -OCH3 is 1. The van der Waals surface area contributed by atoms with Gasteiger partial charge in [0, 0.05) is 24.1 Å². The summed E-state index contributed by atoms with van der Waals surface area (Å²) in [4.78, 5) is 18.8. The molecule has 0 aromatic heterocycles. The van der Waals surface area contributed by atoms with Crippen molar-refractivity contribution in [2.45, 2.75) is 52.8 Å². The number of benzene rings is 2. The third-order valence-corrected chi connectivity index (χ3v) is 6.99. The van der Waals surface area contributed by atoms with Crippen LogP contribution in [0, 0.1) is 6.92 Å². The van der Waals surface area contributed by atoms with E-state index >= 15 is 0 Å². The molecule has 1 saturated heterocycles. The number of ether oxygens (including phenoxy) is 2. The van der Waals surface area contributed by atoms with Crippen molar-refractivity contribution in [3.63, 3.8) is 0 Å². The Morgan fingerprint density at radius 3 is 2.34 bits per heavy atom. The molecule has 3 rings (SSSR count). The number of hydrogen-bond donors (Lipinski definition) is 3. The van der Waals surface area contributed by atoms with Crippen LogP contribution in [0.5, 0.6) is 11.5 Å². The number of aliphatic imine (C=N–C) groups is 1. The summed E-state index contributed by atoms with van der Waals surface area (Å²) in [5.74, 6) is -0.433. The van der Waals surface area contributed by atoms with E-state index in [2.05, 4.69) is 31.8 Å². The third-order valence-electron chi connectivity index (χ3n) is 6.48. The number of nitrogens with zero attached hydrogens (tertiary/aromatic N) is 2. The van der Waals surface area contributed by atoms with Gasteiger partial charge in [0.2, 0.25) is 0 Å². The predicted molar refractivity (Wildman–Crippen MR) is 172 cm³/mol. The normalized spacial score (nSPS) is 15.4. The molecule has 1 aliphatic rings. The monoisotopic (exact) mass is 637 g/mol. The van der Waals surface area contributed by atoms with Gasteiger partial charge in [-0.2, -0.15) is 13.2 Å². The minimum atomic E-state index is -4.79. The van der Waals surface area contributed by atoms with Gasteiger partial charge in [0.25, 0.3) is 5.91 Å². The Morgan fingerprint density at radius 2 is 1.75 bits per heavy atom. The quantitative estimate of drug-likeness (QED) is 0.194. The van der Waals surface area contributed by atoms with Crippen molar-refractivity contribution in [1.82, 2.24) is 10.2 Å². The van der Waals surface area contributed by atoms with Crippen molar-refractivity contribution in [2.75, 3.05) is 43.5 Å². The lowest BCUT2D eigenvalue weighted by molar-refractivity contribution is -0.0878. The molecule has 1 fully saturated rings. The Bertz CT molecular complexity index is 1390. The maximum atomic E-state index is 14.0. The molecule has 242 valence electrons. The SMILES string of the molecule is C=C(/N=C\C(=C(/C)Oc1cc(C)ccc1NS(C)=O)C(F)(F)F)Nc1ccc(C(=O)NC2CCN(C)CC2)cc1OC.CC. The Balaban J connectivity index is 0.00000330. The van der Waals surface area contributed by atoms with Crippen LogP contribution in [0.15, 0.2) is 65.1 Å². The molecule has 9 nitrogen and oxygen atoms in total. The number of amides is 1. The fourth-order valence-electron chi connectivity index (χ4n) is 4.22. The molecular weight excluding hydrogens is 595 g/mol. The molecule has 1 unspecified atom stereocenters. The molecule has 1 amide bonds.